The SMILES string of the molecule is CCc1nc2ccccc2n1-c1ccc(-c2nc3ccccc3c3c2ccc2c3c3ccccc3n2-c2ccccc2)cc1. The number of benzene rings is 6. The summed E-state index contributed by atoms with van der Waals surface area (Å²) in [6, 6.07) is 49.6. The quantitative estimate of drug-likeness (QED) is 0.199. The molecule has 0 N–H and O–H groups in total. The summed E-state index contributed by atoms with van der Waals surface area (Å²) in [5, 5.41) is 6.07. The van der Waals surface area contributed by atoms with Crippen molar-refractivity contribution in [3.63, 3.8) is 0 Å². The highest BCUT2D eigenvalue weighted by atomic mass is 15.1. The van der Waals surface area contributed by atoms with E-state index >= 15 is 0 Å². The fraction of sp³-hybridized carbons (Fsp3) is 0.0500. The number of nitrogens with zero attached hydrogens (tertiary/aromatic N) is 4. The van der Waals surface area contributed by atoms with Crippen LogP contribution < -0.4 is 0 Å². The molecule has 0 unspecified atom stereocenters. The molecule has 9 aromatic rings. The van der Waals surface area contributed by atoms with Crippen molar-refractivity contribution < 1.29 is 0 Å². The summed E-state index contributed by atoms with van der Waals surface area (Å²) in [4.78, 5) is 10.2. The molecule has 3 heterocycles. The predicted octanol–water partition coefficient (Wildman–Crippen LogP) is 10.1. The molecule has 0 bridgehead atoms. The third kappa shape index (κ3) is 3.58. The fourth-order valence-corrected chi connectivity index (χ4v) is 6.95. The summed E-state index contributed by atoms with van der Waals surface area (Å²) in [6.45, 7) is 2.16. The summed E-state index contributed by atoms with van der Waals surface area (Å²) in [5.41, 5.74) is 9.90. The maximum absolute atomic E-state index is 5.28. The number of hydrogen-bond donors (Lipinski definition) is 0. The Bertz CT molecular complexity index is 2520. The summed E-state index contributed by atoms with van der Waals surface area (Å²) in [6.07, 6.45) is 0.861. The Morgan fingerprint density at radius 3 is 1.91 bits per heavy atom. The van der Waals surface area contributed by atoms with E-state index in [4.69, 9.17) is 9.97 Å². The lowest BCUT2D eigenvalue weighted by Crippen LogP contribution is -2.00. The van der Waals surface area contributed by atoms with Crippen LogP contribution in [0.25, 0.3) is 77.1 Å². The van der Waals surface area contributed by atoms with Crippen molar-refractivity contribution in [1.82, 2.24) is 19.1 Å². The van der Waals surface area contributed by atoms with Crippen molar-refractivity contribution in [2.45, 2.75) is 13.3 Å². The van der Waals surface area contributed by atoms with Crippen molar-refractivity contribution in [3.8, 4) is 22.6 Å². The number of aromatic nitrogens is 4. The molecule has 0 fully saturated rings. The Morgan fingerprint density at radius 2 is 1.11 bits per heavy atom. The minimum atomic E-state index is 0.861. The minimum Gasteiger partial charge on any atom is -0.309 e. The second-order valence-corrected chi connectivity index (χ2v) is 11.3. The van der Waals surface area contributed by atoms with Crippen LogP contribution in [0.3, 0.4) is 0 Å². The van der Waals surface area contributed by atoms with E-state index in [1.165, 1.54) is 32.6 Å². The average molecular weight is 565 g/mol. The Labute approximate surface area is 254 Å². The molecule has 0 radical (unpaired) electrons. The van der Waals surface area contributed by atoms with Crippen LogP contribution in [-0.4, -0.2) is 19.1 Å². The van der Waals surface area contributed by atoms with Crippen LogP contribution >= 0.6 is 0 Å². The van der Waals surface area contributed by atoms with E-state index in [0.29, 0.717) is 0 Å². The third-order valence-corrected chi connectivity index (χ3v) is 8.86. The van der Waals surface area contributed by atoms with E-state index in [1.54, 1.807) is 0 Å². The molecule has 44 heavy (non-hydrogen) atoms. The van der Waals surface area contributed by atoms with Crippen molar-refractivity contribution >= 4 is 54.5 Å². The predicted molar refractivity (Wildman–Crippen MR) is 183 cm³/mol. The molecule has 4 heteroatoms. The number of pyridine rings is 1. The molecule has 0 aliphatic rings. The van der Waals surface area contributed by atoms with Gasteiger partial charge in [-0.1, -0.05) is 91.9 Å². The number of para-hydroxylation sites is 5. The Hall–Kier alpha value is -5.74. The van der Waals surface area contributed by atoms with E-state index in [2.05, 4.69) is 150 Å². The molecule has 6 aromatic carbocycles. The van der Waals surface area contributed by atoms with Crippen LogP contribution in [0.2, 0.25) is 0 Å². The van der Waals surface area contributed by atoms with Crippen molar-refractivity contribution in [1.29, 1.82) is 0 Å². The van der Waals surface area contributed by atoms with Gasteiger partial charge in [-0.2, -0.15) is 0 Å². The lowest BCUT2D eigenvalue weighted by Gasteiger charge is -2.14. The molecule has 0 aliphatic carbocycles. The first-order valence-electron chi connectivity index (χ1n) is 15.2. The standard InChI is InChI=1S/C40H28N4/c1-2-37-41-33-17-9-11-19-35(33)44(37)28-22-20-26(21-23-28)40-31-24-25-36-39(38(31)29-14-6-8-16-32(29)42-40)30-15-7-10-18-34(30)43(36)27-12-4-3-5-13-27/h3-25H,2H2,1H3. The number of hydrogen-bond acceptors (Lipinski definition) is 2. The van der Waals surface area contributed by atoms with Gasteiger partial charge in [0.05, 0.1) is 33.3 Å². The molecule has 208 valence electrons. The zero-order chi connectivity index (χ0) is 29.2. The molecule has 0 amide bonds. The van der Waals surface area contributed by atoms with Crippen molar-refractivity contribution in [3.05, 3.63) is 145 Å². The first-order valence-corrected chi connectivity index (χ1v) is 15.2. The molecular weight excluding hydrogens is 536 g/mol. The molecular formula is C40H28N4. The summed E-state index contributed by atoms with van der Waals surface area (Å²) >= 11 is 0. The Kier molecular flexibility index (Phi) is 5.44. The molecule has 3 aromatic heterocycles. The van der Waals surface area contributed by atoms with Crippen molar-refractivity contribution in [2.75, 3.05) is 0 Å². The number of rotatable bonds is 4. The highest BCUT2D eigenvalue weighted by Crippen LogP contribution is 2.42. The second kappa shape index (κ2) is 9.65. The van der Waals surface area contributed by atoms with Crippen molar-refractivity contribution in [2.24, 2.45) is 0 Å². The summed E-state index contributed by atoms with van der Waals surface area (Å²) in [5.74, 6) is 1.06. The van der Waals surface area contributed by atoms with Crippen LogP contribution in [0.4, 0.5) is 0 Å². The number of imidazole rings is 1. The molecule has 0 saturated carbocycles. The maximum atomic E-state index is 5.28. The zero-order valence-electron chi connectivity index (χ0n) is 24.3. The smallest absolute Gasteiger partial charge is 0.114 e. The largest absolute Gasteiger partial charge is 0.309 e. The van der Waals surface area contributed by atoms with Crippen LogP contribution in [0, 0.1) is 0 Å². The second-order valence-electron chi connectivity index (χ2n) is 11.3. The highest BCUT2D eigenvalue weighted by molar-refractivity contribution is 6.29. The van der Waals surface area contributed by atoms with E-state index in [9.17, 15) is 0 Å². The summed E-state index contributed by atoms with van der Waals surface area (Å²) < 4.78 is 4.65. The Morgan fingerprint density at radius 1 is 0.455 bits per heavy atom. The van der Waals surface area contributed by atoms with Gasteiger partial charge in [-0.15, -0.1) is 0 Å². The molecule has 0 atom stereocenters. The first kappa shape index (κ1) is 24.8. The van der Waals surface area contributed by atoms with Gasteiger partial charge >= 0.3 is 0 Å². The fourth-order valence-electron chi connectivity index (χ4n) is 6.95. The first-order chi connectivity index (χ1) is 21.8. The van der Waals surface area contributed by atoms with Gasteiger partial charge in [0.25, 0.3) is 0 Å². The molecule has 0 spiro atoms. The topological polar surface area (TPSA) is 35.6 Å². The van der Waals surface area contributed by atoms with Crippen LogP contribution in [0.15, 0.2) is 140 Å². The van der Waals surface area contributed by atoms with E-state index < -0.39 is 0 Å². The van der Waals surface area contributed by atoms with Gasteiger partial charge in [-0.3, -0.25) is 4.57 Å². The molecule has 0 aliphatic heterocycles. The van der Waals surface area contributed by atoms with E-state index in [1.807, 2.05) is 6.07 Å². The zero-order valence-corrected chi connectivity index (χ0v) is 24.3. The van der Waals surface area contributed by atoms with Gasteiger partial charge in [0.1, 0.15) is 5.82 Å². The number of fused-ring (bicyclic) bond motifs is 8. The summed E-state index contributed by atoms with van der Waals surface area (Å²) in [7, 11) is 0. The lowest BCUT2D eigenvalue weighted by molar-refractivity contribution is 0.908. The molecule has 0 saturated heterocycles. The van der Waals surface area contributed by atoms with Crippen LogP contribution in [-0.2, 0) is 6.42 Å². The minimum absolute atomic E-state index is 0.861. The monoisotopic (exact) mass is 564 g/mol. The normalized spacial score (nSPS) is 11.8. The Balaban J connectivity index is 1.32. The van der Waals surface area contributed by atoms with Gasteiger partial charge in [0, 0.05) is 50.3 Å². The van der Waals surface area contributed by atoms with E-state index in [0.717, 1.165) is 56.8 Å². The van der Waals surface area contributed by atoms with Gasteiger partial charge in [0.15, 0.2) is 0 Å². The van der Waals surface area contributed by atoms with Crippen LogP contribution in [0.5, 0.6) is 0 Å². The van der Waals surface area contributed by atoms with Gasteiger partial charge in [-0.05, 0) is 54.6 Å². The number of aryl methyl sites for hydroxylation is 1. The van der Waals surface area contributed by atoms with E-state index in [-0.39, 0.29) is 0 Å². The van der Waals surface area contributed by atoms with Crippen LogP contribution in [0.1, 0.15) is 12.7 Å². The highest BCUT2D eigenvalue weighted by Gasteiger charge is 2.19. The average Bonchev–Trinajstić information content (AvgIpc) is 3.64. The maximum Gasteiger partial charge on any atom is 0.114 e. The lowest BCUT2D eigenvalue weighted by atomic mass is 9.96. The van der Waals surface area contributed by atoms with Gasteiger partial charge < -0.3 is 4.57 Å². The van der Waals surface area contributed by atoms with Gasteiger partial charge in [0.2, 0.25) is 0 Å². The molecule has 9 rings (SSSR count). The molecule has 4 nitrogen and oxygen atoms in total. The third-order valence-electron chi connectivity index (χ3n) is 8.86. The van der Waals surface area contributed by atoms with Gasteiger partial charge in [-0.25, -0.2) is 9.97 Å².